The number of piperidine rings is 1. The monoisotopic (exact) mass is 265 g/mol. The Hall–Kier alpha value is -1.32. The summed E-state index contributed by atoms with van der Waals surface area (Å²) in [6.07, 6.45) is 4.43. The number of hydrogen-bond acceptors (Lipinski definition) is 2. The topological polar surface area (TPSA) is 40.5 Å². The van der Waals surface area contributed by atoms with Crippen molar-refractivity contribution in [3.05, 3.63) is 40.9 Å². The first kappa shape index (κ1) is 13.1. The van der Waals surface area contributed by atoms with Crippen molar-refractivity contribution >= 4 is 23.6 Å². The molecule has 1 aromatic carbocycles. The molecule has 18 heavy (non-hydrogen) atoms. The van der Waals surface area contributed by atoms with Gasteiger partial charge in [0.15, 0.2) is 0 Å². The SMILES string of the molecule is O=C(/C=C/c1ccc(Cl)cc1)N1CCC(O)CC1. The van der Waals surface area contributed by atoms with Crippen molar-refractivity contribution in [3.63, 3.8) is 0 Å². The third-order valence-corrected chi connectivity index (χ3v) is 3.32. The van der Waals surface area contributed by atoms with Crippen LogP contribution in [0.4, 0.5) is 0 Å². The van der Waals surface area contributed by atoms with Gasteiger partial charge in [-0.05, 0) is 36.6 Å². The summed E-state index contributed by atoms with van der Waals surface area (Å²) in [5.41, 5.74) is 0.949. The van der Waals surface area contributed by atoms with Crippen molar-refractivity contribution in [1.29, 1.82) is 0 Å². The van der Waals surface area contributed by atoms with Gasteiger partial charge in [-0.15, -0.1) is 0 Å². The maximum atomic E-state index is 11.9. The quantitative estimate of drug-likeness (QED) is 0.834. The first-order valence-electron chi connectivity index (χ1n) is 6.06. The Bertz CT molecular complexity index is 434. The van der Waals surface area contributed by atoms with E-state index in [1.165, 1.54) is 0 Å². The molecular weight excluding hydrogens is 250 g/mol. The second-order valence-corrected chi connectivity index (χ2v) is 4.88. The van der Waals surface area contributed by atoms with Crippen LogP contribution in [0.3, 0.4) is 0 Å². The number of carbonyl (C=O) groups is 1. The van der Waals surface area contributed by atoms with Gasteiger partial charge in [-0.1, -0.05) is 23.7 Å². The fourth-order valence-electron chi connectivity index (χ4n) is 1.93. The number of aliphatic hydroxyl groups excluding tert-OH is 1. The van der Waals surface area contributed by atoms with E-state index in [1.807, 2.05) is 12.1 Å². The Balaban J connectivity index is 1.92. The highest BCUT2D eigenvalue weighted by Gasteiger charge is 2.19. The van der Waals surface area contributed by atoms with E-state index in [9.17, 15) is 9.90 Å². The van der Waals surface area contributed by atoms with Gasteiger partial charge in [0.2, 0.25) is 5.91 Å². The minimum absolute atomic E-state index is 0.00292. The van der Waals surface area contributed by atoms with Gasteiger partial charge in [0, 0.05) is 24.2 Å². The average Bonchev–Trinajstić information content (AvgIpc) is 2.38. The lowest BCUT2D eigenvalue weighted by Crippen LogP contribution is -2.39. The summed E-state index contributed by atoms with van der Waals surface area (Å²) in [7, 11) is 0. The zero-order valence-electron chi connectivity index (χ0n) is 10.1. The number of likely N-dealkylation sites (tertiary alicyclic amines) is 1. The molecule has 1 saturated heterocycles. The van der Waals surface area contributed by atoms with Crippen LogP contribution in [0.15, 0.2) is 30.3 Å². The first-order chi connectivity index (χ1) is 8.65. The number of rotatable bonds is 2. The van der Waals surface area contributed by atoms with E-state index in [2.05, 4.69) is 0 Å². The van der Waals surface area contributed by atoms with Gasteiger partial charge in [-0.2, -0.15) is 0 Å². The number of benzene rings is 1. The molecule has 4 heteroatoms. The van der Waals surface area contributed by atoms with Crippen LogP contribution in [-0.4, -0.2) is 35.1 Å². The summed E-state index contributed by atoms with van der Waals surface area (Å²) in [6, 6.07) is 7.32. The number of hydrogen-bond donors (Lipinski definition) is 1. The fraction of sp³-hybridized carbons (Fsp3) is 0.357. The third kappa shape index (κ3) is 3.59. The highest BCUT2D eigenvalue weighted by molar-refractivity contribution is 6.30. The predicted molar refractivity (Wildman–Crippen MR) is 72.3 cm³/mol. The lowest BCUT2D eigenvalue weighted by Gasteiger charge is -2.28. The molecule has 1 aliphatic rings. The second-order valence-electron chi connectivity index (χ2n) is 4.44. The van der Waals surface area contributed by atoms with Gasteiger partial charge in [0.1, 0.15) is 0 Å². The maximum Gasteiger partial charge on any atom is 0.246 e. The molecule has 1 N–H and O–H groups in total. The normalized spacial score (nSPS) is 17.3. The molecule has 0 radical (unpaired) electrons. The molecule has 96 valence electrons. The fourth-order valence-corrected chi connectivity index (χ4v) is 2.06. The van der Waals surface area contributed by atoms with Crippen LogP contribution in [0.1, 0.15) is 18.4 Å². The van der Waals surface area contributed by atoms with Crippen LogP contribution in [0.5, 0.6) is 0 Å². The van der Waals surface area contributed by atoms with E-state index in [0.29, 0.717) is 31.0 Å². The summed E-state index contributed by atoms with van der Waals surface area (Å²) < 4.78 is 0. The molecule has 0 saturated carbocycles. The lowest BCUT2D eigenvalue weighted by molar-refractivity contribution is -0.127. The van der Waals surface area contributed by atoms with Crippen LogP contribution < -0.4 is 0 Å². The van der Waals surface area contributed by atoms with E-state index in [4.69, 9.17) is 11.6 Å². The van der Waals surface area contributed by atoms with Gasteiger partial charge in [-0.3, -0.25) is 4.79 Å². The van der Waals surface area contributed by atoms with Crippen LogP contribution in [0.2, 0.25) is 5.02 Å². The maximum absolute atomic E-state index is 11.9. The van der Waals surface area contributed by atoms with Crippen molar-refractivity contribution < 1.29 is 9.90 Å². The van der Waals surface area contributed by atoms with Crippen LogP contribution in [0, 0.1) is 0 Å². The molecular formula is C14H16ClNO2. The molecule has 1 aliphatic heterocycles. The van der Waals surface area contributed by atoms with E-state index in [0.717, 1.165) is 5.56 Å². The van der Waals surface area contributed by atoms with E-state index in [1.54, 1.807) is 29.2 Å². The van der Waals surface area contributed by atoms with Crippen molar-refractivity contribution in [2.45, 2.75) is 18.9 Å². The van der Waals surface area contributed by atoms with Crippen LogP contribution in [0.25, 0.3) is 6.08 Å². The highest BCUT2D eigenvalue weighted by atomic mass is 35.5. The van der Waals surface area contributed by atoms with Gasteiger partial charge >= 0.3 is 0 Å². The van der Waals surface area contributed by atoms with Crippen molar-refractivity contribution in [3.8, 4) is 0 Å². The standard InChI is InChI=1S/C14H16ClNO2/c15-12-4-1-11(2-5-12)3-6-14(18)16-9-7-13(17)8-10-16/h1-6,13,17H,7-10H2/b6-3+. The number of aliphatic hydroxyl groups is 1. The Kier molecular flexibility index (Phi) is 4.39. The summed E-state index contributed by atoms with van der Waals surface area (Å²) in [4.78, 5) is 13.6. The van der Waals surface area contributed by atoms with E-state index >= 15 is 0 Å². The van der Waals surface area contributed by atoms with Gasteiger partial charge in [0.05, 0.1) is 6.10 Å². The van der Waals surface area contributed by atoms with Crippen LogP contribution in [-0.2, 0) is 4.79 Å². The number of halogens is 1. The molecule has 1 aromatic rings. The molecule has 1 heterocycles. The molecule has 3 nitrogen and oxygen atoms in total. The number of amides is 1. The highest BCUT2D eigenvalue weighted by Crippen LogP contribution is 2.13. The van der Waals surface area contributed by atoms with E-state index in [-0.39, 0.29) is 12.0 Å². The minimum atomic E-state index is -0.255. The van der Waals surface area contributed by atoms with Crippen molar-refractivity contribution in [2.24, 2.45) is 0 Å². The molecule has 0 atom stereocenters. The largest absolute Gasteiger partial charge is 0.393 e. The molecule has 2 rings (SSSR count). The zero-order chi connectivity index (χ0) is 13.0. The minimum Gasteiger partial charge on any atom is -0.393 e. The Morgan fingerprint density at radius 2 is 1.89 bits per heavy atom. The molecule has 1 fully saturated rings. The Labute approximate surface area is 112 Å². The molecule has 0 spiro atoms. The summed E-state index contributed by atoms with van der Waals surface area (Å²) in [5.74, 6) is -0.00292. The predicted octanol–water partition coefficient (Wildman–Crippen LogP) is 2.34. The molecule has 0 aromatic heterocycles. The van der Waals surface area contributed by atoms with Gasteiger partial charge < -0.3 is 10.0 Å². The number of carbonyl (C=O) groups excluding carboxylic acids is 1. The third-order valence-electron chi connectivity index (χ3n) is 3.06. The molecule has 0 aliphatic carbocycles. The Morgan fingerprint density at radius 1 is 1.28 bits per heavy atom. The first-order valence-corrected chi connectivity index (χ1v) is 6.43. The zero-order valence-corrected chi connectivity index (χ0v) is 10.8. The van der Waals surface area contributed by atoms with Crippen molar-refractivity contribution in [1.82, 2.24) is 4.90 Å². The smallest absolute Gasteiger partial charge is 0.246 e. The summed E-state index contributed by atoms with van der Waals surface area (Å²) >= 11 is 5.79. The number of nitrogens with zero attached hydrogens (tertiary/aromatic N) is 1. The van der Waals surface area contributed by atoms with Gasteiger partial charge in [-0.25, -0.2) is 0 Å². The van der Waals surface area contributed by atoms with Crippen LogP contribution >= 0.6 is 11.6 Å². The second kappa shape index (κ2) is 6.03. The molecule has 0 unspecified atom stereocenters. The average molecular weight is 266 g/mol. The molecule has 1 amide bonds. The Morgan fingerprint density at radius 3 is 2.50 bits per heavy atom. The van der Waals surface area contributed by atoms with Crippen molar-refractivity contribution in [2.75, 3.05) is 13.1 Å². The van der Waals surface area contributed by atoms with E-state index < -0.39 is 0 Å². The summed E-state index contributed by atoms with van der Waals surface area (Å²) in [5, 5.41) is 10.1. The lowest BCUT2D eigenvalue weighted by atomic mass is 10.1. The summed E-state index contributed by atoms with van der Waals surface area (Å²) in [6.45, 7) is 1.26. The van der Waals surface area contributed by atoms with Gasteiger partial charge in [0.25, 0.3) is 0 Å². The molecule has 0 bridgehead atoms.